The highest BCUT2D eigenvalue weighted by Gasteiger charge is 2.31. The van der Waals surface area contributed by atoms with E-state index in [1.165, 1.54) is 24.0 Å². The van der Waals surface area contributed by atoms with Crippen LogP contribution in [-0.2, 0) is 18.1 Å². The van der Waals surface area contributed by atoms with Crippen LogP contribution in [0, 0.1) is 5.92 Å². The van der Waals surface area contributed by atoms with Gasteiger partial charge in [0.15, 0.2) is 0 Å². The SMILES string of the molecule is CCNC(c1ccn(COCc2ccccc2)c1)C1CC1. The lowest BCUT2D eigenvalue weighted by Crippen LogP contribution is -2.22. The van der Waals surface area contributed by atoms with Crippen LogP contribution in [0.2, 0.25) is 0 Å². The first-order valence-corrected chi connectivity index (χ1v) is 7.87. The third-order valence-corrected chi connectivity index (χ3v) is 4.00. The van der Waals surface area contributed by atoms with Gasteiger partial charge in [-0.2, -0.15) is 0 Å². The average molecular weight is 284 g/mol. The van der Waals surface area contributed by atoms with Gasteiger partial charge >= 0.3 is 0 Å². The molecule has 0 saturated heterocycles. The van der Waals surface area contributed by atoms with E-state index in [1.54, 1.807) is 0 Å². The number of nitrogens with one attached hydrogen (secondary N) is 1. The van der Waals surface area contributed by atoms with Crippen LogP contribution in [0.5, 0.6) is 0 Å². The van der Waals surface area contributed by atoms with Gasteiger partial charge in [-0.05, 0) is 42.5 Å². The lowest BCUT2D eigenvalue weighted by atomic mass is 10.1. The number of hydrogen-bond donors (Lipinski definition) is 1. The molecule has 0 bridgehead atoms. The molecule has 2 aromatic rings. The maximum Gasteiger partial charge on any atom is 0.122 e. The molecule has 0 amide bonds. The highest BCUT2D eigenvalue weighted by atomic mass is 16.5. The summed E-state index contributed by atoms with van der Waals surface area (Å²) in [4.78, 5) is 0. The summed E-state index contributed by atoms with van der Waals surface area (Å²) in [5, 5.41) is 3.60. The fraction of sp³-hybridized carbons (Fsp3) is 0.444. The fourth-order valence-electron chi connectivity index (χ4n) is 2.77. The van der Waals surface area contributed by atoms with Crippen molar-refractivity contribution in [2.24, 2.45) is 5.92 Å². The Morgan fingerprint density at radius 3 is 2.76 bits per heavy atom. The van der Waals surface area contributed by atoms with Gasteiger partial charge in [0.05, 0.1) is 6.61 Å². The van der Waals surface area contributed by atoms with E-state index in [2.05, 4.69) is 47.4 Å². The Kier molecular flexibility index (Phi) is 4.73. The Balaban J connectivity index is 1.52. The van der Waals surface area contributed by atoms with E-state index in [0.717, 1.165) is 12.5 Å². The summed E-state index contributed by atoms with van der Waals surface area (Å²) in [7, 11) is 0. The molecule has 1 unspecified atom stereocenters. The van der Waals surface area contributed by atoms with Crippen molar-refractivity contribution in [2.75, 3.05) is 6.54 Å². The zero-order valence-electron chi connectivity index (χ0n) is 12.7. The van der Waals surface area contributed by atoms with Gasteiger partial charge in [-0.3, -0.25) is 0 Å². The number of aromatic nitrogens is 1. The Labute approximate surface area is 126 Å². The third-order valence-electron chi connectivity index (χ3n) is 4.00. The number of ether oxygens (including phenoxy) is 1. The van der Waals surface area contributed by atoms with Gasteiger partial charge in [0.25, 0.3) is 0 Å². The Bertz CT molecular complexity index is 545. The van der Waals surface area contributed by atoms with Crippen molar-refractivity contribution >= 4 is 0 Å². The Morgan fingerprint density at radius 2 is 2.05 bits per heavy atom. The summed E-state index contributed by atoms with van der Waals surface area (Å²) in [5.41, 5.74) is 2.61. The predicted octanol–water partition coefficient (Wildman–Crippen LogP) is 3.72. The molecule has 1 aliphatic rings. The smallest absolute Gasteiger partial charge is 0.122 e. The maximum absolute atomic E-state index is 5.78. The quantitative estimate of drug-likeness (QED) is 0.799. The largest absolute Gasteiger partial charge is 0.356 e. The topological polar surface area (TPSA) is 26.2 Å². The molecule has 3 rings (SSSR count). The molecule has 1 aromatic carbocycles. The van der Waals surface area contributed by atoms with Crippen molar-refractivity contribution in [1.82, 2.24) is 9.88 Å². The van der Waals surface area contributed by atoms with Gasteiger partial charge in [-0.25, -0.2) is 0 Å². The van der Waals surface area contributed by atoms with Crippen LogP contribution in [0.3, 0.4) is 0 Å². The fourth-order valence-corrected chi connectivity index (χ4v) is 2.77. The monoisotopic (exact) mass is 284 g/mol. The van der Waals surface area contributed by atoms with E-state index in [4.69, 9.17) is 4.74 Å². The molecule has 1 aliphatic carbocycles. The second-order valence-corrected chi connectivity index (χ2v) is 5.79. The van der Waals surface area contributed by atoms with Gasteiger partial charge < -0.3 is 14.6 Å². The number of nitrogens with zero attached hydrogens (tertiary/aromatic N) is 1. The van der Waals surface area contributed by atoms with Crippen molar-refractivity contribution in [3.05, 3.63) is 59.9 Å². The van der Waals surface area contributed by atoms with Crippen LogP contribution in [-0.4, -0.2) is 11.1 Å². The van der Waals surface area contributed by atoms with Crippen molar-refractivity contribution in [3.63, 3.8) is 0 Å². The van der Waals surface area contributed by atoms with Gasteiger partial charge in [-0.15, -0.1) is 0 Å². The van der Waals surface area contributed by atoms with Crippen molar-refractivity contribution < 1.29 is 4.74 Å². The third kappa shape index (κ3) is 3.96. The van der Waals surface area contributed by atoms with E-state index in [1.807, 2.05) is 18.2 Å². The lowest BCUT2D eigenvalue weighted by molar-refractivity contribution is 0.0641. The molecule has 1 fully saturated rings. The van der Waals surface area contributed by atoms with Crippen LogP contribution in [0.25, 0.3) is 0 Å². The van der Waals surface area contributed by atoms with Crippen molar-refractivity contribution in [1.29, 1.82) is 0 Å². The molecular weight excluding hydrogens is 260 g/mol. The minimum absolute atomic E-state index is 0.519. The molecule has 0 spiro atoms. The first-order chi connectivity index (χ1) is 10.4. The Morgan fingerprint density at radius 1 is 1.24 bits per heavy atom. The first kappa shape index (κ1) is 14.4. The second kappa shape index (κ2) is 6.92. The number of benzene rings is 1. The molecule has 1 saturated carbocycles. The van der Waals surface area contributed by atoms with Gasteiger partial charge in [-0.1, -0.05) is 37.3 Å². The van der Waals surface area contributed by atoms with E-state index in [-0.39, 0.29) is 0 Å². The van der Waals surface area contributed by atoms with Crippen molar-refractivity contribution in [3.8, 4) is 0 Å². The first-order valence-electron chi connectivity index (χ1n) is 7.87. The number of hydrogen-bond acceptors (Lipinski definition) is 2. The predicted molar refractivity (Wildman–Crippen MR) is 84.8 cm³/mol. The van der Waals surface area contributed by atoms with Crippen LogP contribution in [0.15, 0.2) is 48.8 Å². The van der Waals surface area contributed by atoms with Gasteiger partial charge in [0.2, 0.25) is 0 Å². The molecule has 0 radical (unpaired) electrons. The van der Waals surface area contributed by atoms with E-state index >= 15 is 0 Å². The zero-order valence-corrected chi connectivity index (χ0v) is 12.7. The highest BCUT2D eigenvalue weighted by molar-refractivity contribution is 5.18. The molecule has 112 valence electrons. The summed E-state index contributed by atoms with van der Waals surface area (Å²) in [5.74, 6) is 0.825. The van der Waals surface area contributed by atoms with Gasteiger partial charge in [0, 0.05) is 18.4 Å². The normalized spacial score (nSPS) is 16.0. The zero-order chi connectivity index (χ0) is 14.5. The Hall–Kier alpha value is -1.58. The number of rotatable bonds is 8. The molecule has 0 aliphatic heterocycles. The summed E-state index contributed by atoms with van der Waals surface area (Å²) in [6.07, 6.45) is 7.05. The molecule has 1 aromatic heterocycles. The molecule has 1 heterocycles. The average Bonchev–Trinajstić information content (AvgIpc) is 3.25. The van der Waals surface area contributed by atoms with Crippen LogP contribution >= 0.6 is 0 Å². The highest BCUT2D eigenvalue weighted by Crippen LogP contribution is 2.40. The standard InChI is InChI=1S/C18H24N2O/c1-2-19-18(16-8-9-16)17-10-11-20(12-17)14-21-13-15-6-4-3-5-7-15/h3-7,10-12,16,18-19H,2,8-9,13-14H2,1H3. The van der Waals surface area contributed by atoms with Gasteiger partial charge in [0.1, 0.15) is 6.73 Å². The summed E-state index contributed by atoms with van der Waals surface area (Å²) < 4.78 is 7.91. The molecule has 1 N–H and O–H groups in total. The summed E-state index contributed by atoms with van der Waals surface area (Å²) in [6, 6.07) is 13.0. The molecule has 3 heteroatoms. The van der Waals surface area contributed by atoms with Crippen LogP contribution in [0.4, 0.5) is 0 Å². The van der Waals surface area contributed by atoms with E-state index in [9.17, 15) is 0 Å². The summed E-state index contributed by atoms with van der Waals surface area (Å²) in [6.45, 7) is 4.47. The van der Waals surface area contributed by atoms with E-state index in [0.29, 0.717) is 19.4 Å². The minimum Gasteiger partial charge on any atom is -0.356 e. The molecule has 3 nitrogen and oxygen atoms in total. The molecule has 21 heavy (non-hydrogen) atoms. The molecule has 1 atom stereocenters. The minimum atomic E-state index is 0.519. The van der Waals surface area contributed by atoms with Crippen LogP contribution in [0.1, 0.15) is 36.9 Å². The lowest BCUT2D eigenvalue weighted by Gasteiger charge is -2.15. The van der Waals surface area contributed by atoms with E-state index < -0.39 is 0 Å². The van der Waals surface area contributed by atoms with Crippen LogP contribution < -0.4 is 5.32 Å². The second-order valence-electron chi connectivity index (χ2n) is 5.79. The molecular formula is C18H24N2O. The maximum atomic E-state index is 5.78. The summed E-state index contributed by atoms with van der Waals surface area (Å²) >= 11 is 0. The van der Waals surface area contributed by atoms with Crippen molar-refractivity contribution in [2.45, 2.75) is 39.1 Å².